The fraction of sp³-hybridized carbons (Fsp3) is 0.333. The summed E-state index contributed by atoms with van der Waals surface area (Å²) in [6.07, 6.45) is 1.54. The van der Waals surface area contributed by atoms with Crippen LogP contribution in [0.5, 0.6) is 5.75 Å². The monoisotopic (exact) mass is 568 g/mol. The summed E-state index contributed by atoms with van der Waals surface area (Å²) >= 11 is 0. The molecule has 42 heavy (non-hydrogen) atoms. The normalized spacial score (nSPS) is 15.9. The first-order chi connectivity index (χ1) is 20.4. The lowest BCUT2D eigenvalue weighted by Crippen LogP contribution is -2.47. The Labute approximate surface area is 245 Å². The molecule has 2 aliphatic rings. The van der Waals surface area contributed by atoms with E-state index in [0.29, 0.717) is 29.7 Å². The number of rotatable bonds is 9. The Morgan fingerprint density at radius 3 is 2.40 bits per heavy atom. The zero-order chi connectivity index (χ0) is 29.1. The maximum absolute atomic E-state index is 9.26. The van der Waals surface area contributed by atoms with Crippen molar-refractivity contribution < 1.29 is 9.84 Å². The molecule has 0 saturated carbocycles. The van der Waals surface area contributed by atoms with E-state index in [1.807, 2.05) is 68.4 Å². The van der Waals surface area contributed by atoms with Gasteiger partial charge in [0.05, 0.1) is 25.1 Å². The number of fused-ring (bicyclic) bond motifs is 1. The van der Waals surface area contributed by atoms with Crippen LogP contribution in [0.25, 0.3) is 0 Å². The number of ether oxygens (including phenoxy) is 1. The number of para-hydroxylation sites is 2. The average molecular weight is 569 g/mol. The van der Waals surface area contributed by atoms with Crippen molar-refractivity contribution >= 4 is 34.5 Å². The van der Waals surface area contributed by atoms with Crippen molar-refractivity contribution in [1.82, 2.24) is 24.8 Å². The molecule has 2 aromatic heterocycles. The molecule has 218 valence electrons. The maximum Gasteiger partial charge on any atom is 0.230 e. The minimum atomic E-state index is -0.957. The number of benzene rings is 2. The summed E-state index contributed by atoms with van der Waals surface area (Å²) in [7, 11) is 1.66. The van der Waals surface area contributed by atoms with Crippen LogP contribution in [-0.2, 0) is 5.79 Å². The Hall–Kier alpha value is -4.68. The van der Waals surface area contributed by atoms with Gasteiger partial charge in [0.15, 0.2) is 0 Å². The van der Waals surface area contributed by atoms with Gasteiger partial charge >= 0.3 is 0 Å². The van der Waals surface area contributed by atoms with E-state index < -0.39 is 5.79 Å². The highest BCUT2D eigenvalue weighted by Crippen LogP contribution is 2.40. The largest absolute Gasteiger partial charge is 0.497 e. The van der Waals surface area contributed by atoms with Gasteiger partial charge in [0, 0.05) is 56.6 Å². The molecule has 0 bridgehead atoms. The van der Waals surface area contributed by atoms with Crippen molar-refractivity contribution in [1.29, 1.82) is 0 Å². The van der Waals surface area contributed by atoms with E-state index in [1.54, 1.807) is 13.4 Å². The lowest BCUT2D eigenvalue weighted by atomic mass is 10.1. The molecular weight excluding hydrogens is 532 g/mol. The molecule has 0 spiro atoms. The summed E-state index contributed by atoms with van der Waals surface area (Å²) in [5.74, 6) is 2.58. The smallest absolute Gasteiger partial charge is 0.230 e. The fourth-order valence-corrected chi connectivity index (χ4v) is 5.34. The Balaban J connectivity index is 1.29. The molecule has 2 aliphatic heterocycles. The highest BCUT2D eigenvalue weighted by atomic mass is 16.5. The van der Waals surface area contributed by atoms with Crippen molar-refractivity contribution in [2.24, 2.45) is 0 Å². The van der Waals surface area contributed by atoms with Crippen molar-refractivity contribution in [2.45, 2.75) is 19.6 Å². The Morgan fingerprint density at radius 2 is 1.69 bits per heavy atom. The van der Waals surface area contributed by atoms with Gasteiger partial charge in [0.1, 0.15) is 41.0 Å². The number of hydrogen-bond donors (Lipinski definition) is 5. The zero-order valence-corrected chi connectivity index (χ0v) is 24.1. The highest BCUT2D eigenvalue weighted by Gasteiger charge is 2.40. The Bertz CT molecular complexity index is 1530. The Kier molecular flexibility index (Phi) is 7.64. The van der Waals surface area contributed by atoms with Gasteiger partial charge in [-0.1, -0.05) is 18.2 Å². The number of piperazine rings is 1. The molecule has 0 radical (unpaired) electrons. The first kappa shape index (κ1) is 27.5. The summed E-state index contributed by atoms with van der Waals surface area (Å²) in [4.78, 5) is 23.0. The number of β-amino-alcohol motifs (C(OH)–C–C–N with tert-alkyl or cyclic N) is 1. The second-order valence-electron chi connectivity index (χ2n) is 10.5. The van der Waals surface area contributed by atoms with Crippen LogP contribution in [0.15, 0.2) is 60.9 Å². The van der Waals surface area contributed by atoms with Crippen LogP contribution >= 0.6 is 0 Å². The predicted octanol–water partition coefficient (Wildman–Crippen LogP) is 3.51. The van der Waals surface area contributed by atoms with E-state index >= 15 is 0 Å². The van der Waals surface area contributed by atoms with Crippen LogP contribution in [0.3, 0.4) is 0 Å². The molecule has 6 rings (SSSR count). The molecule has 4 aromatic rings. The van der Waals surface area contributed by atoms with E-state index in [9.17, 15) is 5.11 Å². The number of aromatic nitrogens is 4. The van der Waals surface area contributed by atoms with Crippen molar-refractivity contribution in [2.75, 3.05) is 72.6 Å². The van der Waals surface area contributed by atoms with Gasteiger partial charge in [-0.05, 0) is 37.6 Å². The third-order valence-corrected chi connectivity index (χ3v) is 7.58. The van der Waals surface area contributed by atoms with Crippen molar-refractivity contribution in [3.63, 3.8) is 0 Å². The Morgan fingerprint density at radius 1 is 0.929 bits per heavy atom. The number of aryl methyl sites for hydroxylation is 2. The average Bonchev–Trinajstić information content (AvgIpc) is 3.38. The lowest BCUT2D eigenvalue weighted by Gasteiger charge is -2.35. The van der Waals surface area contributed by atoms with Crippen LogP contribution in [0.2, 0.25) is 0 Å². The van der Waals surface area contributed by atoms with E-state index in [1.165, 1.54) is 0 Å². The van der Waals surface area contributed by atoms with Gasteiger partial charge in [-0.3, -0.25) is 4.90 Å². The van der Waals surface area contributed by atoms with E-state index in [4.69, 9.17) is 4.74 Å². The summed E-state index contributed by atoms with van der Waals surface area (Å²) in [6.45, 7) is 8.24. The van der Waals surface area contributed by atoms with Crippen LogP contribution < -0.4 is 30.9 Å². The second-order valence-corrected chi connectivity index (χ2v) is 10.5. The van der Waals surface area contributed by atoms with E-state index in [0.717, 1.165) is 60.4 Å². The van der Waals surface area contributed by atoms with Crippen LogP contribution in [0.1, 0.15) is 17.1 Å². The molecular formula is C30H36N10O2. The SMILES string of the molecule is COc1ccc(C)c(NC2(c3cc(Nc4cc(N5CCN(CCO)CC5)nc(C)n4)ncn3)Nc3ccccc3N2)c1. The fourth-order valence-electron chi connectivity index (χ4n) is 5.34. The van der Waals surface area contributed by atoms with Crippen molar-refractivity contribution in [3.8, 4) is 5.75 Å². The maximum atomic E-state index is 9.26. The minimum absolute atomic E-state index is 0.175. The number of nitrogens with zero attached hydrogens (tertiary/aromatic N) is 6. The molecule has 2 aromatic carbocycles. The molecule has 1 fully saturated rings. The number of aliphatic hydroxyl groups is 1. The van der Waals surface area contributed by atoms with Gasteiger partial charge in [-0.2, -0.15) is 0 Å². The molecule has 0 aliphatic carbocycles. The van der Waals surface area contributed by atoms with Crippen LogP contribution in [-0.4, -0.2) is 76.4 Å². The van der Waals surface area contributed by atoms with E-state index in [-0.39, 0.29) is 6.61 Å². The van der Waals surface area contributed by atoms with E-state index in [2.05, 4.69) is 51.0 Å². The summed E-state index contributed by atoms with van der Waals surface area (Å²) in [6, 6.07) is 17.8. The minimum Gasteiger partial charge on any atom is -0.497 e. The highest BCUT2D eigenvalue weighted by molar-refractivity contribution is 5.79. The predicted molar refractivity (Wildman–Crippen MR) is 165 cm³/mol. The number of anilines is 6. The molecule has 5 N–H and O–H groups in total. The third-order valence-electron chi connectivity index (χ3n) is 7.58. The molecule has 0 amide bonds. The first-order valence-corrected chi connectivity index (χ1v) is 14.1. The number of aliphatic hydroxyl groups excluding tert-OH is 1. The van der Waals surface area contributed by atoms with Crippen LogP contribution in [0.4, 0.5) is 34.5 Å². The summed E-state index contributed by atoms with van der Waals surface area (Å²) in [5, 5.41) is 23.5. The summed E-state index contributed by atoms with van der Waals surface area (Å²) < 4.78 is 5.50. The zero-order valence-electron chi connectivity index (χ0n) is 24.1. The summed E-state index contributed by atoms with van der Waals surface area (Å²) in [5.41, 5.74) is 4.54. The van der Waals surface area contributed by atoms with Crippen LogP contribution in [0, 0.1) is 13.8 Å². The van der Waals surface area contributed by atoms with Gasteiger partial charge < -0.3 is 36.0 Å². The van der Waals surface area contributed by atoms with Gasteiger partial charge in [-0.25, -0.2) is 19.9 Å². The molecule has 4 heterocycles. The standard InChI is InChI=1S/C30H36N10O2/c1-20-8-9-22(42-3)16-25(20)38-30(36-23-6-4-5-7-24(23)37-30)26-17-27(32-19-31-26)35-28-18-29(34-21(2)33-28)40-12-10-39(11-13-40)14-15-41/h4-9,16-19,36-38,41H,10-15H2,1-3H3,(H,31,32,33,34,35). The lowest BCUT2D eigenvalue weighted by molar-refractivity contribution is 0.188. The first-order valence-electron chi connectivity index (χ1n) is 14.1. The molecule has 12 heteroatoms. The third kappa shape index (κ3) is 5.71. The number of methoxy groups -OCH3 is 1. The molecule has 0 unspecified atom stereocenters. The van der Waals surface area contributed by atoms with Gasteiger partial charge in [0.2, 0.25) is 5.79 Å². The topological polar surface area (TPSA) is 136 Å². The quantitative estimate of drug-likeness (QED) is 0.202. The van der Waals surface area contributed by atoms with Gasteiger partial charge in [-0.15, -0.1) is 0 Å². The van der Waals surface area contributed by atoms with Crippen molar-refractivity contribution in [3.05, 3.63) is 78.0 Å². The second kappa shape index (κ2) is 11.7. The molecule has 1 saturated heterocycles. The van der Waals surface area contributed by atoms with Gasteiger partial charge in [0.25, 0.3) is 0 Å². The number of hydrogen-bond acceptors (Lipinski definition) is 12. The molecule has 0 atom stereocenters. The number of nitrogens with one attached hydrogen (secondary N) is 4. The molecule has 12 nitrogen and oxygen atoms in total.